The normalized spacial score (nSPS) is 26.4. The predicted molar refractivity (Wildman–Crippen MR) is 79.6 cm³/mol. The molecule has 3 rings (SSSR count). The number of carbonyl (C=O) groups excluding carboxylic acids is 1. The monoisotopic (exact) mass is 289 g/mol. The second-order valence-corrected chi connectivity index (χ2v) is 6.37. The molecule has 21 heavy (non-hydrogen) atoms. The molecule has 0 radical (unpaired) electrons. The lowest BCUT2D eigenvalue weighted by Crippen LogP contribution is -2.53. The van der Waals surface area contributed by atoms with Crippen molar-refractivity contribution in [2.75, 3.05) is 26.2 Å². The zero-order valence-electron chi connectivity index (χ0n) is 12.7. The average molecular weight is 289 g/mol. The maximum atomic E-state index is 12.2. The topological polar surface area (TPSA) is 45.7 Å². The third-order valence-corrected chi connectivity index (χ3v) is 4.14. The number of likely N-dealkylation sites (tertiary alicyclic amines) is 1. The first-order chi connectivity index (χ1) is 10.1. The van der Waals surface area contributed by atoms with Crippen molar-refractivity contribution >= 4 is 5.91 Å². The fourth-order valence-electron chi connectivity index (χ4n) is 3.28. The Bertz CT molecular complexity index is 492. The van der Waals surface area contributed by atoms with Crippen LogP contribution >= 0.6 is 0 Å². The molecule has 2 fully saturated rings. The van der Waals surface area contributed by atoms with E-state index >= 15 is 0 Å². The Kier molecular flexibility index (Phi) is 4.22. The molecule has 0 spiro atoms. The second-order valence-electron chi connectivity index (χ2n) is 6.37. The number of aromatic nitrogens is 1. The maximum absolute atomic E-state index is 12.2. The van der Waals surface area contributed by atoms with Gasteiger partial charge in [-0.1, -0.05) is 19.9 Å². The van der Waals surface area contributed by atoms with Crippen LogP contribution in [0.25, 0.3) is 0 Å². The van der Waals surface area contributed by atoms with Crippen LogP contribution in [0.2, 0.25) is 0 Å². The van der Waals surface area contributed by atoms with E-state index in [0.29, 0.717) is 12.5 Å². The van der Waals surface area contributed by atoms with Gasteiger partial charge in [-0.3, -0.25) is 14.7 Å². The van der Waals surface area contributed by atoms with E-state index in [1.807, 2.05) is 23.1 Å². The highest BCUT2D eigenvalue weighted by Crippen LogP contribution is 2.25. The van der Waals surface area contributed by atoms with Crippen LogP contribution in [0.5, 0.6) is 0 Å². The number of fused-ring (bicyclic) bond motifs is 1. The maximum Gasteiger partial charge on any atom is 0.249 e. The Morgan fingerprint density at radius 1 is 1.38 bits per heavy atom. The number of rotatable bonds is 4. The quantitative estimate of drug-likeness (QED) is 0.834. The molecule has 0 unspecified atom stereocenters. The summed E-state index contributed by atoms with van der Waals surface area (Å²) in [7, 11) is 0. The molecule has 2 aliphatic heterocycles. The first kappa shape index (κ1) is 14.5. The molecule has 5 nitrogen and oxygen atoms in total. The molecular formula is C16H23N3O2. The zero-order chi connectivity index (χ0) is 14.8. The minimum Gasteiger partial charge on any atom is -0.365 e. The summed E-state index contributed by atoms with van der Waals surface area (Å²) in [5.74, 6) is 0.707. The van der Waals surface area contributed by atoms with Crippen molar-refractivity contribution in [3.63, 3.8) is 0 Å². The van der Waals surface area contributed by atoms with Crippen LogP contribution in [0.1, 0.15) is 19.5 Å². The molecule has 1 aromatic heterocycles. The number of hydrogen-bond acceptors (Lipinski definition) is 4. The molecule has 2 saturated heterocycles. The summed E-state index contributed by atoms with van der Waals surface area (Å²) < 4.78 is 5.74. The minimum absolute atomic E-state index is 0.0771. The van der Waals surface area contributed by atoms with Crippen molar-refractivity contribution in [1.82, 2.24) is 14.8 Å². The van der Waals surface area contributed by atoms with Crippen molar-refractivity contribution in [3.8, 4) is 0 Å². The first-order valence-corrected chi connectivity index (χ1v) is 7.67. The fraction of sp³-hybridized carbons (Fsp3) is 0.625. The van der Waals surface area contributed by atoms with Gasteiger partial charge in [0.05, 0.1) is 24.4 Å². The Morgan fingerprint density at radius 2 is 2.24 bits per heavy atom. The van der Waals surface area contributed by atoms with Gasteiger partial charge in [-0.2, -0.15) is 0 Å². The number of pyridine rings is 1. The summed E-state index contributed by atoms with van der Waals surface area (Å²) in [5, 5.41) is 0. The fourth-order valence-corrected chi connectivity index (χ4v) is 3.28. The predicted octanol–water partition coefficient (Wildman–Crippen LogP) is 1.15. The number of carbonyl (C=O) groups is 1. The van der Waals surface area contributed by atoms with E-state index in [4.69, 9.17) is 4.74 Å². The van der Waals surface area contributed by atoms with Gasteiger partial charge in [0.2, 0.25) is 5.91 Å². The van der Waals surface area contributed by atoms with Crippen molar-refractivity contribution in [1.29, 1.82) is 0 Å². The summed E-state index contributed by atoms with van der Waals surface area (Å²) in [4.78, 5) is 20.9. The molecular weight excluding hydrogens is 266 g/mol. The van der Waals surface area contributed by atoms with Crippen LogP contribution in [-0.2, 0) is 16.1 Å². The first-order valence-electron chi connectivity index (χ1n) is 7.67. The van der Waals surface area contributed by atoms with Gasteiger partial charge in [0.15, 0.2) is 0 Å². The number of nitrogens with zero attached hydrogens (tertiary/aromatic N) is 3. The van der Waals surface area contributed by atoms with E-state index in [9.17, 15) is 4.79 Å². The molecule has 1 amide bonds. The van der Waals surface area contributed by atoms with E-state index in [2.05, 4.69) is 23.7 Å². The Morgan fingerprint density at radius 3 is 2.95 bits per heavy atom. The smallest absolute Gasteiger partial charge is 0.249 e. The van der Waals surface area contributed by atoms with Crippen LogP contribution < -0.4 is 0 Å². The van der Waals surface area contributed by atoms with Crippen LogP contribution in [0.3, 0.4) is 0 Å². The molecule has 2 aliphatic rings. The summed E-state index contributed by atoms with van der Waals surface area (Å²) in [6.45, 7) is 8.11. The molecule has 5 heteroatoms. The van der Waals surface area contributed by atoms with Crippen molar-refractivity contribution in [2.24, 2.45) is 5.92 Å². The molecule has 0 aromatic carbocycles. The van der Waals surface area contributed by atoms with Gasteiger partial charge in [0, 0.05) is 25.8 Å². The molecule has 0 N–H and O–H groups in total. The van der Waals surface area contributed by atoms with Gasteiger partial charge in [0.1, 0.15) is 6.61 Å². The van der Waals surface area contributed by atoms with Crippen LogP contribution in [0.4, 0.5) is 0 Å². The molecule has 114 valence electrons. The average Bonchev–Trinajstić information content (AvgIpc) is 2.85. The molecule has 0 bridgehead atoms. The van der Waals surface area contributed by atoms with E-state index in [0.717, 1.165) is 25.3 Å². The summed E-state index contributed by atoms with van der Waals surface area (Å²) in [6, 6.07) is 5.99. The van der Waals surface area contributed by atoms with Crippen molar-refractivity contribution in [2.45, 2.75) is 32.5 Å². The number of amides is 1. The standard InChI is InChI=1S/C16H23N3O2/c1-12(2)7-18-9-14-15(10-18)21-11-16(20)19(14)8-13-5-3-4-6-17-13/h3-6,12,14-15H,7-11H2,1-2H3/t14-,15+/m1/s1. The summed E-state index contributed by atoms with van der Waals surface area (Å²) >= 11 is 0. The molecule has 1 aromatic rings. The van der Waals surface area contributed by atoms with Gasteiger partial charge in [-0.05, 0) is 18.1 Å². The molecule has 3 heterocycles. The largest absolute Gasteiger partial charge is 0.365 e. The Balaban J connectivity index is 1.71. The zero-order valence-corrected chi connectivity index (χ0v) is 12.7. The Hall–Kier alpha value is -1.46. The van der Waals surface area contributed by atoms with Gasteiger partial charge in [-0.25, -0.2) is 0 Å². The van der Waals surface area contributed by atoms with Crippen molar-refractivity contribution < 1.29 is 9.53 Å². The number of morpholine rings is 1. The van der Waals surface area contributed by atoms with Gasteiger partial charge in [0.25, 0.3) is 0 Å². The minimum atomic E-state index is 0.0771. The van der Waals surface area contributed by atoms with Gasteiger partial charge < -0.3 is 9.64 Å². The van der Waals surface area contributed by atoms with E-state index in [1.54, 1.807) is 6.20 Å². The van der Waals surface area contributed by atoms with Crippen molar-refractivity contribution in [3.05, 3.63) is 30.1 Å². The van der Waals surface area contributed by atoms with Crippen LogP contribution in [-0.4, -0.2) is 59.1 Å². The summed E-state index contributed by atoms with van der Waals surface area (Å²) in [6.07, 6.45) is 1.92. The molecule has 0 aliphatic carbocycles. The van der Waals surface area contributed by atoms with Gasteiger partial charge in [-0.15, -0.1) is 0 Å². The summed E-state index contributed by atoms with van der Waals surface area (Å²) in [5.41, 5.74) is 0.939. The highest BCUT2D eigenvalue weighted by atomic mass is 16.5. The lowest BCUT2D eigenvalue weighted by Gasteiger charge is -2.36. The molecule has 0 saturated carbocycles. The number of ether oxygens (including phenoxy) is 1. The molecule has 2 atom stereocenters. The third-order valence-electron chi connectivity index (χ3n) is 4.14. The third kappa shape index (κ3) is 3.24. The Labute approximate surface area is 125 Å². The van der Waals surface area contributed by atoms with Crippen LogP contribution in [0.15, 0.2) is 24.4 Å². The van der Waals surface area contributed by atoms with Crippen LogP contribution in [0, 0.1) is 5.92 Å². The lowest BCUT2D eigenvalue weighted by atomic mass is 10.1. The number of hydrogen-bond donors (Lipinski definition) is 0. The highest BCUT2D eigenvalue weighted by molar-refractivity contribution is 5.78. The highest BCUT2D eigenvalue weighted by Gasteiger charge is 2.43. The van der Waals surface area contributed by atoms with E-state index in [-0.39, 0.29) is 24.7 Å². The second kappa shape index (κ2) is 6.12. The lowest BCUT2D eigenvalue weighted by molar-refractivity contribution is -0.154. The van der Waals surface area contributed by atoms with Gasteiger partial charge >= 0.3 is 0 Å². The van der Waals surface area contributed by atoms with E-state index in [1.165, 1.54) is 0 Å². The van der Waals surface area contributed by atoms with E-state index < -0.39 is 0 Å². The SMILES string of the molecule is CC(C)CN1C[C@@H]2OCC(=O)N(Cc3ccccn3)[C@@H]2C1.